The Hall–Kier alpha value is -7.95. The van der Waals surface area contributed by atoms with Crippen LogP contribution in [-0.2, 0) is 72.0 Å². The number of carbonyl (C=O) groups excluding carboxylic acids is 14. The lowest BCUT2D eigenvalue weighted by Gasteiger charge is -2.31. The van der Waals surface area contributed by atoms with Gasteiger partial charge in [0.25, 0.3) is 11.8 Å². The average molecular weight is 1090 g/mol. The largest absolute Gasteiger partial charge is 0.386 e. The fourth-order valence-electron chi connectivity index (χ4n) is 7.00. The van der Waals surface area contributed by atoms with Gasteiger partial charge in [0, 0.05) is 85.6 Å². The van der Waals surface area contributed by atoms with Crippen molar-refractivity contribution in [2.45, 2.75) is 111 Å². The zero-order valence-corrected chi connectivity index (χ0v) is 45.3. The van der Waals surface area contributed by atoms with Gasteiger partial charge in [0.2, 0.25) is 70.9 Å². The zero-order valence-electron chi connectivity index (χ0n) is 45.3. The molecule has 4 unspecified atom stereocenters. The molecule has 0 radical (unpaired) electrons. The van der Waals surface area contributed by atoms with Gasteiger partial charge in [-0.25, -0.2) is 0 Å². The minimum absolute atomic E-state index is 0.0217. The number of hydrogen-bond donors (Lipinski definition) is 11. The van der Waals surface area contributed by atoms with Gasteiger partial charge in [0.05, 0.1) is 26.2 Å². The predicted molar refractivity (Wildman–Crippen MR) is 275 cm³/mol. The molecule has 14 amide bonds. The summed E-state index contributed by atoms with van der Waals surface area (Å²) in [6.07, 6.45) is 2.35. The van der Waals surface area contributed by atoms with Crippen LogP contribution in [0.4, 0.5) is 0 Å². The first-order chi connectivity index (χ1) is 36.5. The van der Waals surface area contributed by atoms with Gasteiger partial charge in [-0.2, -0.15) is 0 Å². The average Bonchev–Trinajstić information content (AvgIpc) is 3.91. The summed E-state index contributed by atoms with van der Waals surface area (Å²) in [6, 6.07) is -4.64. The van der Waals surface area contributed by atoms with Gasteiger partial charge in [0.1, 0.15) is 30.4 Å². The Morgan fingerprint density at radius 1 is 0.584 bits per heavy atom. The minimum atomic E-state index is -1.54. The van der Waals surface area contributed by atoms with Crippen LogP contribution in [0.1, 0.15) is 86.5 Å². The van der Waals surface area contributed by atoms with E-state index in [4.69, 9.17) is 4.84 Å². The summed E-state index contributed by atoms with van der Waals surface area (Å²) >= 11 is 0. The maximum absolute atomic E-state index is 14.4. The maximum atomic E-state index is 14.4. The number of rotatable bonds is 35. The molecule has 30 heteroatoms. The Morgan fingerprint density at radius 2 is 1.06 bits per heavy atom. The molecular weight excluding hydrogens is 1010 g/mol. The number of nitrogens with zero attached hydrogens (tertiary/aromatic N) is 4. The molecule has 1 aliphatic heterocycles. The zero-order chi connectivity index (χ0) is 58.0. The first kappa shape index (κ1) is 67.1. The second-order valence-corrected chi connectivity index (χ2v) is 17.8. The third kappa shape index (κ3) is 27.4. The number of hydrogen-bond acceptors (Lipinski definition) is 16. The summed E-state index contributed by atoms with van der Waals surface area (Å²) in [5, 5.41) is 30.5. The van der Waals surface area contributed by atoms with Crippen molar-refractivity contribution in [3.63, 3.8) is 0 Å². The second-order valence-electron chi connectivity index (χ2n) is 17.8. The number of nitrogens with one attached hydrogen (secondary N) is 11. The van der Waals surface area contributed by atoms with Crippen LogP contribution in [-0.4, -0.2) is 220 Å². The van der Waals surface area contributed by atoms with E-state index in [1.807, 2.05) is 13.8 Å². The lowest BCUT2D eigenvalue weighted by Crippen LogP contribution is -2.58. The number of likely N-dealkylation sites (tertiary alicyclic amines) is 1. The lowest BCUT2D eigenvalue weighted by molar-refractivity contribution is -0.141. The van der Waals surface area contributed by atoms with Crippen LogP contribution < -0.4 is 58.5 Å². The molecule has 1 saturated heterocycles. The van der Waals surface area contributed by atoms with Crippen molar-refractivity contribution in [3.05, 3.63) is 0 Å². The quantitative estimate of drug-likeness (QED) is 0.0208. The molecule has 0 saturated carbocycles. The normalized spacial score (nSPS) is 13.8. The summed E-state index contributed by atoms with van der Waals surface area (Å²) in [5.74, 6) is -8.86. The van der Waals surface area contributed by atoms with E-state index in [9.17, 15) is 67.1 Å². The Kier molecular flexibility index (Phi) is 32.1. The number of carbonyl (C=O) groups is 14. The van der Waals surface area contributed by atoms with Crippen molar-refractivity contribution < 1.29 is 72.0 Å². The third-order valence-corrected chi connectivity index (χ3v) is 11.3. The van der Waals surface area contributed by atoms with E-state index >= 15 is 0 Å². The van der Waals surface area contributed by atoms with E-state index in [1.165, 1.54) is 19.0 Å². The van der Waals surface area contributed by atoms with Crippen LogP contribution in [0.5, 0.6) is 0 Å². The minimum Gasteiger partial charge on any atom is -0.386 e. The molecular formula is C47H79N15O15. The number of likely N-dealkylation sites (N-methyl/N-ethyl adjacent to an activating group) is 2. The molecule has 77 heavy (non-hydrogen) atoms. The molecule has 0 aromatic heterocycles. The number of oxime groups is 1. The van der Waals surface area contributed by atoms with Gasteiger partial charge in [-0.05, 0) is 25.2 Å². The van der Waals surface area contributed by atoms with Crippen molar-refractivity contribution in [1.82, 2.24) is 73.2 Å². The van der Waals surface area contributed by atoms with Crippen molar-refractivity contribution in [1.29, 1.82) is 0 Å². The van der Waals surface area contributed by atoms with Crippen LogP contribution in [0.25, 0.3) is 0 Å². The van der Waals surface area contributed by atoms with Crippen LogP contribution >= 0.6 is 0 Å². The monoisotopic (exact) mass is 1090 g/mol. The molecule has 4 atom stereocenters. The topological polar surface area (TPSA) is 403 Å². The van der Waals surface area contributed by atoms with Gasteiger partial charge in [-0.15, -0.1) is 0 Å². The molecule has 0 aliphatic carbocycles. The van der Waals surface area contributed by atoms with Gasteiger partial charge in [-0.3, -0.25) is 67.1 Å². The molecule has 0 aromatic rings. The lowest BCUT2D eigenvalue weighted by atomic mass is 10.0. The van der Waals surface area contributed by atoms with Crippen LogP contribution in [0.15, 0.2) is 5.16 Å². The van der Waals surface area contributed by atoms with Gasteiger partial charge in [-0.1, -0.05) is 46.7 Å². The van der Waals surface area contributed by atoms with Crippen LogP contribution in [0.2, 0.25) is 0 Å². The summed E-state index contributed by atoms with van der Waals surface area (Å²) < 4.78 is 0. The van der Waals surface area contributed by atoms with E-state index in [0.29, 0.717) is 19.4 Å². The molecule has 0 spiro atoms. The standard InChI is InChI=1S/C47H79N15O15/c1-9-34(63)52-23-38(67)50-21-31(58-40(69)25-54-36(65)11-3)45(74)60(8)18-19-61(46(75)32(59-41(70)26-55-37(66)12-4)22-51-39(68)24-53-35(64)10-2)17-15-49-43(72)28-77-56-27-42(71)57-30(20-29(5)6)47(76)62-16-13-14-33(62)44(73)48-7/h27,29-33H,9-26,28H2,1-8H3,(H,48,73)(H,49,72)(H,50,67)(H,51,68)(H,52,63)(H,53,64)(H,54,65)(H,55,66)(H,57,71)(H,58,69)(H,59,70)/b56-27+. The van der Waals surface area contributed by atoms with E-state index in [-0.39, 0.29) is 70.1 Å². The van der Waals surface area contributed by atoms with Gasteiger partial charge < -0.3 is 78.0 Å². The molecule has 30 nitrogen and oxygen atoms in total. The molecule has 1 aliphatic rings. The fourth-order valence-corrected chi connectivity index (χ4v) is 7.00. The SMILES string of the molecule is CCC(=O)NCC(=O)NCC(NC(=O)CNC(=O)CC)C(=O)N(C)CCN(CCNC(=O)CO/N=C/C(=O)NC(CC(C)C)C(=O)N1CCCC1C(=O)NC)C(=O)C(CNC(=O)CNC(=O)CC)NC(=O)CNC(=O)CC. The van der Waals surface area contributed by atoms with Gasteiger partial charge >= 0.3 is 0 Å². The van der Waals surface area contributed by atoms with E-state index in [2.05, 4.69) is 63.6 Å². The highest BCUT2D eigenvalue weighted by atomic mass is 16.6. The Balaban J connectivity index is 3.35. The maximum Gasteiger partial charge on any atom is 0.266 e. The molecule has 11 N–H and O–H groups in total. The Labute approximate surface area is 447 Å². The fraction of sp³-hybridized carbons (Fsp3) is 0.681. The third-order valence-electron chi connectivity index (χ3n) is 11.3. The van der Waals surface area contributed by atoms with Gasteiger partial charge in [0.15, 0.2) is 6.61 Å². The summed E-state index contributed by atoms with van der Waals surface area (Å²) in [4.78, 5) is 187. The predicted octanol–water partition coefficient (Wildman–Crippen LogP) is -6.03. The summed E-state index contributed by atoms with van der Waals surface area (Å²) in [6.45, 7) is 5.34. The second kappa shape index (κ2) is 36.9. The molecule has 1 heterocycles. The molecule has 0 bridgehead atoms. The van der Waals surface area contributed by atoms with Crippen molar-refractivity contribution in [2.75, 3.05) is 92.7 Å². The Morgan fingerprint density at radius 3 is 1.53 bits per heavy atom. The van der Waals surface area contributed by atoms with E-state index in [1.54, 1.807) is 27.7 Å². The van der Waals surface area contributed by atoms with Crippen molar-refractivity contribution >= 4 is 88.9 Å². The van der Waals surface area contributed by atoms with Crippen molar-refractivity contribution in [2.24, 2.45) is 11.1 Å². The highest BCUT2D eigenvalue weighted by Crippen LogP contribution is 2.20. The number of amides is 14. The smallest absolute Gasteiger partial charge is 0.266 e. The highest BCUT2D eigenvalue weighted by molar-refractivity contribution is 6.26. The summed E-state index contributed by atoms with van der Waals surface area (Å²) in [5.41, 5.74) is 0. The Bertz CT molecular complexity index is 2110. The molecule has 432 valence electrons. The first-order valence-corrected chi connectivity index (χ1v) is 25.5. The highest BCUT2D eigenvalue weighted by Gasteiger charge is 2.37. The van der Waals surface area contributed by atoms with E-state index < -0.39 is 147 Å². The molecule has 0 aromatic carbocycles. The van der Waals surface area contributed by atoms with E-state index in [0.717, 1.165) is 16.0 Å². The first-order valence-electron chi connectivity index (χ1n) is 25.5. The van der Waals surface area contributed by atoms with Crippen LogP contribution in [0.3, 0.4) is 0 Å². The molecule has 1 rings (SSSR count). The molecule has 1 fully saturated rings. The van der Waals surface area contributed by atoms with Crippen molar-refractivity contribution in [3.8, 4) is 0 Å². The van der Waals surface area contributed by atoms with Crippen LogP contribution in [0, 0.1) is 5.92 Å². The summed E-state index contributed by atoms with van der Waals surface area (Å²) in [7, 11) is 2.78.